The highest BCUT2D eigenvalue weighted by Gasteiger charge is 2.11. The fourth-order valence-corrected chi connectivity index (χ4v) is 4.39. The summed E-state index contributed by atoms with van der Waals surface area (Å²) in [5.41, 5.74) is 5.31. The summed E-state index contributed by atoms with van der Waals surface area (Å²) >= 11 is 2.36. The molecule has 0 spiro atoms. The van der Waals surface area contributed by atoms with Crippen molar-refractivity contribution in [2.24, 2.45) is 0 Å². The number of benzene rings is 3. The lowest BCUT2D eigenvalue weighted by Crippen LogP contribution is -2.25. The predicted molar refractivity (Wildman–Crippen MR) is 139 cm³/mol. The minimum Gasteiger partial charge on any atom is -0.492 e. The maximum Gasteiger partial charge on any atom is 0.119 e. The highest BCUT2D eigenvalue weighted by Crippen LogP contribution is 2.23. The van der Waals surface area contributed by atoms with Crippen LogP contribution in [0.25, 0.3) is 5.57 Å². The molecule has 0 saturated carbocycles. The third-order valence-corrected chi connectivity index (χ3v) is 6.55. The van der Waals surface area contributed by atoms with Crippen molar-refractivity contribution in [2.75, 3.05) is 26.2 Å². The smallest absolute Gasteiger partial charge is 0.119 e. The summed E-state index contributed by atoms with van der Waals surface area (Å²) < 4.78 is 7.25. The molecule has 1 heterocycles. The summed E-state index contributed by atoms with van der Waals surface area (Å²) in [6, 6.07) is 28.1. The Morgan fingerprint density at radius 2 is 1.52 bits per heavy atom. The molecule has 3 aromatic carbocycles. The second kappa shape index (κ2) is 11.5. The highest BCUT2D eigenvalue weighted by molar-refractivity contribution is 14.1. The molecule has 0 aliphatic carbocycles. The van der Waals surface area contributed by atoms with Gasteiger partial charge in [-0.15, -0.1) is 0 Å². The van der Waals surface area contributed by atoms with Crippen LogP contribution in [0.2, 0.25) is 0 Å². The van der Waals surface area contributed by atoms with Crippen molar-refractivity contribution in [1.82, 2.24) is 4.90 Å². The normalized spacial score (nSPS) is 14.7. The summed E-state index contributed by atoms with van der Waals surface area (Å²) in [5, 5.41) is 0. The quantitative estimate of drug-likeness (QED) is 0.292. The standard InChI is InChI=1S/C28H30INO/c29-27-14-9-23(10-15-27)8-13-26(25-6-2-1-3-7-25)22-24-11-16-28(17-12-24)31-21-20-30-18-4-5-19-30/h1-3,6-7,9-17H,4-5,8,18-22H2. The first kappa shape index (κ1) is 22.1. The molecule has 1 aliphatic heterocycles. The van der Waals surface area contributed by atoms with E-state index in [4.69, 9.17) is 4.74 Å². The molecule has 0 unspecified atom stereocenters. The lowest BCUT2D eigenvalue weighted by atomic mass is 9.96. The molecule has 3 heteroatoms. The van der Waals surface area contributed by atoms with Gasteiger partial charge >= 0.3 is 0 Å². The number of nitrogens with zero attached hydrogens (tertiary/aromatic N) is 1. The molecule has 3 aromatic rings. The lowest BCUT2D eigenvalue weighted by Gasteiger charge is -2.15. The molecule has 2 nitrogen and oxygen atoms in total. The minimum atomic E-state index is 0.768. The number of halogens is 1. The average molecular weight is 523 g/mol. The monoisotopic (exact) mass is 523 g/mol. The number of hydrogen-bond donors (Lipinski definition) is 0. The van der Waals surface area contributed by atoms with Crippen molar-refractivity contribution in [3.05, 3.63) is 105 Å². The maximum absolute atomic E-state index is 5.97. The van der Waals surface area contributed by atoms with Gasteiger partial charge in [0.2, 0.25) is 0 Å². The second-order valence-electron chi connectivity index (χ2n) is 8.14. The molecule has 0 radical (unpaired) electrons. The summed E-state index contributed by atoms with van der Waals surface area (Å²) in [4.78, 5) is 2.49. The van der Waals surface area contributed by atoms with Crippen LogP contribution in [0.4, 0.5) is 0 Å². The molecule has 1 aliphatic rings. The molecule has 4 rings (SSSR count). The number of ether oxygens (including phenoxy) is 1. The molecule has 160 valence electrons. The molecule has 1 fully saturated rings. The summed E-state index contributed by atoms with van der Waals surface area (Å²) in [5.74, 6) is 0.965. The van der Waals surface area contributed by atoms with E-state index in [0.29, 0.717) is 0 Å². The Balaban J connectivity index is 1.40. The van der Waals surface area contributed by atoms with Crippen molar-refractivity contribution in [3.63, 3.8) is 0 Å². The number of allylic oxidation sites excluding steroid dienone is 2. The Labute approximate surface area is 200 Å². The van der Waals surface area contributed by atoms with Crippen molar-refractivity contribution < 1.29 is 4.74 Å². The van der Waals surface area contributed by atoms with Gasteiger partial charge in [-0.3, -0.25) is 4.90 Å². The SMILES string of the molecule is Ic1ccc(CC=C(Cc2ccc(OCCN3CCCC3)cc2)c2ccccc2)cc1. The van der Waals surface area contributed by atoms with E-state index in [0.717, 1.165) is 31.7 Å². The zero-order valence-electron chi connectivity index (χ0n) is 18.0. The Hall–Kier alpha value is -2.11. The molecule has 0 N–H and O–H groups in total. The Morgan fingerprint density at radius 3 is 2.23 bits per heavy atom. The lowest BCUT2D eigenvalue weighted by molar-refractivity contribution is 0.238. The summed E-state index contributed by atoms with van der Waals surface area (Å²) in [7, 11) is 0. The van der Waals surface area contributed by atoms with Gasteiger partial charge in [0.1, 0.15) is 12.4 Å². The fourth-order valence-electron chi connectivity index (χ4n) is 4.03. The molecular weight excluding hydrogens is 493 g/mol. The van der Waals surface area contributed by atoms with Crippen LogP contribution in [-0.2, 0) is 12.8 Å². The molecule has 0 amide bonds. The number of likely N-dealkylation sites (tertiary alicyclic amines) is 1. The summed E-state index contributed by atoms with van der Waals surface area (Å²) in [6.07, 6.45) is 6.89. The maximum atomic E-state index is 5.97. The van der Waals surface area contributed by atoms with Gasteiger partial charge in [0.25, 0.3) is 0 Å². The summed E-state index contributed by atoms with van der Waals surface area (Å²) in [6.45, 7) is 4.24. The van der Waals surface area contributed by atoms with Crippen molar-refractivity contribution in [1.29, 1.82) is 0 Å². The van der Waals surface area contributed by atoms with Gasteiger partial charge in [-0.2, -0.15) is 0 Å². The van der Waals surface area contributed by atoms with Crippen LogP contribution in [0.5, 0.6) is 5.75 Å². The van der Waals surface area contributed by atoms with Crippen LogP contribution >= 0.6 is 22.6 Å². The molecule has 0 aromatic heterocycles. The van der Waals surface area contributed by atoms with Gasteiger partial charge in [0.05, 0.1) is 0 Å². The van der Waals surface area contributed by atoms with Gasteiger partial charge < -0.3 is 4.74 Å². The van der Waals surface area contributed by atoms with Gasteiger partial charge in [0.15, 0.2) is 0 Å². The average Bonchev–Trinajstić information content (AvgIpc) is 3.33. The predicted octanol–water partition coefficient (Wildman–Crippen LogP) is 6.63. The van der Waals surface area contributed by atoms with Crippen LogP contribution in [0.15, 0.2) is 84.9 Å². The van der Waals surface area contributed by atoms with E-state index in [1.807, 2.05) is 0 Å². The third-order valence-electron chi connectivity index (χ3n) is 5.83. The first-order valence-electron chi connectivity index (χ1n) is 11.2. The second-order valence-corrected chi connectivity index (χ2v) is 9.39. The van der Waals surface area contributed by atoms with Gasteiger partial charge in [-0.05, 0) is 108 Å². The topological polar surface area (TPSA) is 12.5 Å². The first-order chi connectivity index (χ1) is 15.3. The van der Waals surface area contributed by atoms with Crippen molar-refractivity contribution >= 4 is 28.2 Å². The van der Waals surface area contributed by atoms with Crippen LogP contribution in [0.1, 0.15) is 29.5 Å². The van der Waals surface area contributed by atoms with E-state index in [2.05, 4.69) is 112 Å². The van der Waals surface area contributed by atoms with Crippen molar-refractivity contribution in [3.8, 4) is 5.75 Å². The molecular formula is C28H30INO. The zero-order chi connectivity index (χ0) is 21.3. The fraction of sp³-hybridized carbons (Fsp3) is 0.286. The van der Waals surface area contributed by atoms with E-state index in [9.17, 15) is 0 Å². The van der Waals surface area contributed by atoms with E-state index < -0.39 is 0 Å². The van der Waals surface area contributed by atoms with Gasteiger partial charge in [-0.1, -0.05) is 60.7 Å². The Kier molecular flexibility index (Phi) is 8.19. The Bertz CT molecular complexity index is 958. The van der Waals surface area contributed by atoms with Gasteiger partial charge in [0, 0.05) is 10.1 Å². The largest absolute Gasteiger partial charge is 0.492 e. The van der Waals surface area contributed by atoms with E-state index in [-0.39, 0.29) is 0 Å². The number of hydrogen-bond acceptors (Lipinski definition) is 2. The van der Waals surface area contributed by atoms with E-state index in [1.54, 1.807) is 0 Å². The molecule has 0 atom stereocenters. The molecule has 31 heavy (non-hydrogen) atoms. The zero-order valence-corrected chi connectivity index (χ0v) is 20.1. The number of rotatable bonds is 9. The van der Waals surface area contributed by atoms with Crippen LogP contribution in [-0.4, -0.2) is 31.1 Å². The van der Waals surface area contributed by atoms with Crippen LogP contribution < -0.4 is 4.74 Å². The van der Waals surface area contributed by atoms with Gasteiger partial charge in [-0.25, -0.2) is 0 Å². The molecule has 0 bridgehead atoms. The highest BCUT2D eigenvalue weighted by atomic mass is 127. The third kappa shape index (κ3) is 6.94. The van der Waals surface area contributed by atoms with Crippen LogP contribution in [0, 0.1) is 3.57 Å². The first-order valence-corrected chi connectivity index (χ1v) is 12.3. The van der Waals surface area contributed by atoms with E-state index in [1.165, 1.54) is 51.8 Å². The minimum absolute atomic E-state index is 0.768. The van der Waals surface area contributed by atoms with Crippen LogP contribution in [0.3, 0.4) is 0 Å². The van der Waals surface area contributed by atoms with E-state index >= 15 is 0 Å². The van der Waals surface area contributed by atoms with Crippen molar-refractivity contribution in [2.45, 2.75) is 25.7 Å². The molecule has 1 saturated heterocycles. The Morgan fingerprint density at radius 1 is 0.839 bits per heavy atom.